The van der Waals surface area contributed by atoms with E-state index in [1.54, 1.807) is 12.1 Å². The molecule has 50 heavy (non-hydrogen) atoms. The SMILES string of the molecule is N#Cc1ccc2c(c1)c1ccccc1n2-c1c(C#N)ccc(C#N)c1C1CC=CC=C1C1=CCC(n2c3ccc#cc3c3ccccc32)C=C1. The lowest BCUT2D eigenvalue weighted by atomic mass is 9.77. The molecule has 9 rings (SSSR count). The topological polar surface area (TPSA) is 81.2 Å². The number of fused-ring (bicyclic) bond motifs is 6. The molecule has 0 saturated heterocycles. The highest BCUT2D eigenvalue weighted by Gasteiger charge is 2.30. The highest BCUT2D eigenvalue weighted by Crippen LogP contribution is 2.45. The molecular formula is C45H27N5. The molecule has 0 amide bonds. The van der Waals surface area contributed by atoms with Crippen LogP contribution in [0, 0.1) is 46.1 Å². The minimum Gasteiger partial charge on any atom is -0.333 e. The zero-order valence-corrected chi connectivity index (χ0v) is 26.9. The smallest absolute Gasteiger partial charge is 0.101 e. The number of hydrogen-bond donors (Lipinski definition) is 0. The molecule has 0 spiro atoms. The molecule has 5 aromatic carbocycles. The molecule has 2 unspecified atom stereocenters. The summed E-state index contributed by atoms with van der Waals surface area (Å²) < 4.78 is 4.52. The van der Waals surface area contributed by atoms with Crippen LogP contribution in [0.25, 0.3) is 49.3 Å². The summed E-state index contributed by atoms with van der Waals surface area (Å²) in [6.45, 7) is 0. The summed E-state index contributed by atoms with van der Waals surface area (Å²) in [4.78, 5) is 0. The molecule has 0 fully saturated rings. The summed E-state index contributed by atoms with van der Waals surface area (Å²) in [5.74, 6) is -0.168. The number of allylic oxidation sites excluding steroid dienone is 8. The Morgan fingerprint density at radius 1 is 0.720 bits per heavy atom. The predicted molar refractivity (Wildman–Crippen MR) is 197 cm³/mol. The van der Waals surface area contributed by atoms with Crippen LogP contribution < -0.4 is 0 Å². The molecule has 5 heteroatoms. The molecule has 232 valence electrons. The fourth-order valence-corrected chi connectivity index (χ4v) is 8.06. The van der Waals surface area contributed by atoms with Gasteiger partial charge in [-0.2, -0.15) is 15.8 Å². The van der Waals surface area contributed by atoms with Gasteiger partial charge in [0.1, 0.15) is 6.07 Å². The Kier molecular flexibility index (Phi) is 6.74. The zero-order chi connectivity index (χ0) is 33.8. The number of aromatic nitrogens is 2. The van der Waals surface area contributed by atoms with Crippen LogP contribution >= 0.6 is 0 Å². The van der Waals surface area contributed by atoms with Crippen molar-refractivity contribution in [3.05, 3.63) is 173 Å². The van der Waals surface area contributed by atoms with Crippen molar-refractivity contribution in [2.24, 2.45) is 0 Å². The summed E-state index contributed by atoms with van der Waals surface area (Å²) in [6, 6.07) is 43.6. The molecule has 5 nitrogen and oxygen atoms in total. The Morgan fingerprint density at radius 3 is 2.30 bits per heavy atom. The molecule has 0 saturated carbocycles. The maximum atomic E-state index is 10.6. The van der Waals surface area contributed by atoms with Crippen molar-refractivity contribution < 1.29 is 0 Å². The van der Waals surface area contributed by atoms with Crippen molar-refractivity contribution in [3.63, 3.8) is 0 Å². The van der Waals surface area contributed by atoms with Gasteiger partial charge in [0.25, 0.3) is 0 Å². The predicted octanol–water partition coefficient (Wildman–Crippen LogP) is 10.2. The summed E-state index contributed by atoms with van der Waals surface area (Å²) in [6.07, 6.45) is 14.7. The number of benzene rings is 4. The normalized spacial score (nSPS) is 16.9. The third kappa shape index (κ3) is 4.32. The molecule has 0 radical (unpaired) electrons. The van der Waals surface area contributed by atoms with Gasteiger partial charge in [0.05, 0.1) is 68.0 Å². The third-order valence-electron chi connectivity index (χ3n) is 10.2. The van der Waals surface area contributed by atoms with Crippen LogP contribution in [-0.4, -0.2) is 9.13 Å². The van der Waals surface area contributed by atoms with E-state index in [0.717, 1.165) is 55.8 Å². The van der Waals surface area contributed by atoms with E-state index in [4.69, 9.17) is 0 Å². The number of rotatable bonds is 4. The fraction of sp³-hybridized carbons (Fsp3) is 0.0889. The van der Waals surface area contributed by atoms with Gasteiger partial charge in [-0.3, -0.25) is 0 Å². The first-order valence-electron chi connectivity index (χ1n) is 16.7. The average Bonchev–Trinajstić information content (AvgIpc) is 3.70. The van der Waals surface area contributed by atoms with Crippen LogP contribution in [0.3, 0.4) is 0 Å². The van der Waals surface area contributed by atoms with Gasteiger partial charge in [-0.05, 0) is 78.6 Å². The van der Waals surface area contributed by atoms with Gasteiger partial charge in [-0.15, -0.1) is 0 Å². The van der Waals surface area contributed by atoms with E-state index in [-0.39, 0.29) is 12.0 Å². The lowest BCUT2D eigenvalue weighted by Crippen LogP contribution is -2.15. The van der Waals surface area contributed by atoms with E-state index >= 15 is 0 Å². The first-order valence-corrected chi connectivity index (χ1v) is 16.7. The largest absolute Gasteiger partial charge is 0.333 e. The van der Waals surface area contributed by atoms with Crippen LogP contribution in [0.4, 0.5) is 0 Å². The van der Waals surface area contributed by atoms with Crippen molar-refractivity contribution >= 4 is 43.6 Å². The fourth-order valence-electron chi connectivity index (χ4n) is 8.06. The van der Waals surface area contributed by atoms with E-state index in [0.29, 0.717) is 28.8 Å². The Hall–Kier alpha value is -7.05. The molecule has 0 bridgehead atoms. The molecule has 7 aromatic rings. The average molecular weight is 638 g/mol. The van der Waals surface area contributed by atoms with Gasteiger partial charge in [-0.1, -0.05) is 85.0 Å². The molecule has 2 atom stereocenters. The summed E-state index contributed by atoms with van der Waals surface area (Å²) in [5, 5.41) is 35.0. The number of para-hydroxylation sites is 2. The van der Waals surface area contributed by atoms with Crippen LogP contribution in [0.1, 0.15) is 47.1 Å². The molecule has 0 aliphatic heterocycles. The first-order chi connectivity index (χ1) is 24.7. The second-order valence-electron chi connectivity index (χ2n) is 12.8. The van der Waals surface area contributed by atoms with E-state index in [1.165, 1.54) is 10.9 Å². The summed E-state index contributed by atoms with van der Waals surface area (Å²) >= 11 is 0. The van der Waals surface area contributed by atoms with Crippen LogP contribution in [0.15, 0.2) is 139 Å². The van der Waals surface area contributed by atoms with Crippen molar-refractivity contribution in [2.75, 3.05) is 0 Å². The molecular weight excluding hydrogens is 611 g/mol. The van der Waals surface area contributed by atoms with Crippen molar-refractivity contribution in [1.82, 2.24) is 9.13 Å². The van der Waals surface area contributed by atoms with Crippen LogP contribution in [0.5, 0.6) is 0 Å². The lowest BCUT2D eigenvalue weighted by Gasteiger charge is -2.29. The van der Waals surface area contributed by atoms with E-state index < -0.39 is 0 Å². The number of nitriles is 3. The minimum atomic E-state index is -0.168. The Bertz CT molecular complexity index is 2760. The second kappa shape index (κ2) is 11.6. The number of nitrogens with zero attached hydrogens (tertiary/aromatic N) is 5. The van der Waals surface area contributed by atoms with Gasteiger partial charge in [0, 0.05) is 27.6 Å². The minimum absolute atomic E-state index is 0.123. The van der Waals surface area contributed by atoms with Crippen molar-refractivity contribution in [1.29, 1.82) is 15.8 Å². The summed E-state index contributed by atoms with van der Waals surface area (Å²) in [7, 11) is 0. The zero-order valence-electron chi connectivity index (χ0n) is 26.9. The maximum absolute atomic E-state index is 10.6. The van der Waals surface area contributed by atoms with E-state index in [9.17, 15) is 15.8 Å². The highest BCUT2D eigenvalue weighted by atomic mass is 15.0. The lowest BCUT2D eigenvalue weighted by molar-refractivity contribution is 0.643. The maximum Gasteiger partial charge on any atom is 0.101 e. The van der Waals surface area contributed by atoms with Crippen molar-refractivity contribution in [3.8, 4) is 23.9 Å². The second-order valence-corrected chi connectivity index (χ2v) is 12.8. The Morgan fingerprint density at radius 2 is 1.50 bits per heavy atom. The van der Waals surface area contributed by atoms with Crippen LogP contribution in [0.2, 0.25) is 0 Å². The Balaban J connectivity index is 1.19. The van der Waals surface area contributed by atoms with Crippen molar-refractivity contribution in [2.45, 2.75) is 24.8 Å². The van der Waals surface area contributed by atoms with E-state index in [1.807, 2.05) is 48.5 Å². The van der Waals surface area contributed by atoms with Gasteiger partial charge in [-0.25, -0.2) is 0 Å². The highest BCUT2D eigenvalue weighted by molar-refractivity contribution is 6.10. The molecule has 2 aromatic heterocycles. The molecule has 2 aliphatic carbocycles. The molecule has 2 aliphatic rings. The van der Waals surface area contributed by atoms with Gasteiger partial charge < -0.3 is 9.13 Å². The monoisotopic (exact) mass is 637 g/mol. The Labute approximate surface area is 289 Å². The number of hydrogen-bond acceptors (Lipinski definition) is 3. The van der Waals surface area contributed by atoms with Gasteiger partial charge in [0.15, 0.2) is 0 Å². The summed E-state index contributed by atoms with van der Waals surface area (Å²) in [5.41, 5.74) is 9.51. The van der Waals surface area contributed by atoms with Gasteiger partial charge in [0.2, 0.25) is 0 Å². The van der Waals surface area contributed by atoms with Gasteiger partial charge >= 0.3 is 0 Å². The first kappa shape index (κ1) is 29.1. The standard InChI is InChI=1S/C45H27N5/c46-26-29-17-24-43-39(25-29)37-12-5-8-16-42(37)50(43)45-32(28-48)19-18-31(27-47)44(45)38-13-2-1-9-34(38)30-20-22-33(23-21-30)49-40-14-6-3-10-35(40)36-11-4-7-15-41(36)49/h1-3,5-10,12,14-22,24-25,33,38H,13,23H2. The van der Waals surface area contributed by atoms with Crippen LogP contribution in [-0.2, 0) is 0 Å². The quantitative estimate of drug-likeness (QED) is 0.193. The molecule has 2 heterocycles. The van der Waals surface area contributed by atoms with E-state index in [2.05, 4.69) is 106 Å². The molecule has 0 N–H and O–H groups in total. The third-order valence-corrected chi connectivity index (χ3v) is 10.2.